The fourth-order valence-corrected chi connectivity index (χ4v) is 3.98. The molecule has 0 unspecified atom stereocenters. The average Bonchev–Trinajstić information content (AvgIpc) is 2.64. The van der Waals surface area contributed by atoms with Crippen molar-refractivity contribution in [2.24, 2.45) is 0 Å². The molecule has 4 rings (SSSR count). The SMILES string of the molecule is Cc1ccc2c(c1)C(=O)NC1(CCN(Cc3cccc(C(F)(F)F)c3)CC1)N2. The molecule has 4 nitrogen and oxygen atoms in total. The maximum atomic E-state index is 12.9. The van der Waals surface area contributed by atoms with E-state index in [1.165, 1.54) is 12.1 Å². The van der Waals surface area contributed by atoms with Crippen molar-refractivity contribution >= 4 is 11.6 Å². The quantitative estimate of drug-likeness (QED) is 0.811. The Balaban J connectivity index is 1.43. The zero-order chi connectivity index (χ0) is 19.9. The monoisotopic (exact) mass is 389 g/mol. The van der Waals surface area contributed by atoms with E-state index in [9.17, 15) is 18.0 Å². The van der Waals surface area contributed by atoms with E-state index in [-0.39, 0.29) is 5.91 Å². The van der Waals surface area contributed by atoms with Gasteiger partial charge in [0.25, 0.3) is 5.91 Å². The topological polar surface area (TPSA) is 44.4 Å². The fraction of sp³-hybridized carbons (Fsp3) is 0.381. The molecule has 0 aliphatic carbocycles. The number of carbonyl (C=O) groups is 1. The van der Waals surface area contributed by atoms with Gasteiger partial charge in [0, 0.05) is 38.2 Å². The summed E-state index contributed by atoms with van der Waals surface area (Å²) >= 11 is 0. The van der Waals surface area contributed by atoms with Crippen LogP contribution < -0.4 is 10.6 Å². The maximum absolute atomic E-state index is 12.9. The van der Waals surface area contributed by atoms with Crippen molar-refractivity contribution < 1.29 is 18.0 Å². The molecule has 0 saturated carbocycles. The summed E-state index contributed by atoms with van der Waals surface area (Å²) in [7, 11) is 0. The van der Waals surface area contributed by atoms with Crippen LogP contribution in [0.5, 0.6) is 0 Å². The lowest BCUT2D eigenvalue weighted by Crippen LogP contribution is -2.62. The number of aryl methyl sites for hydroxylation is 1. The molecule has 0 radical (unpaired) electrons. The molecular formula is C21H22F3N3O. The van der Waals surface area contributed by atoms with Crippen LogP contribution in [-0.2, 0) is 12.7 Å². The van der Waals surface area contributed by atoms with Crippen molar-refractivity contribution in [3.63, 3.8) is 0 Å². The lowest BCUT2D eigenvalue weighted by Gasteiger charge is -2.46. The van der Waals surface area contributed by atoms with Gasteiger partial charge >= 0.3 is 6.18 Å². The van der Waals surface area contributed by atoms with Crippen molar-refractivity contribution in [2.45, 2.75) is 38.1 Å². The molecule has 0 aromatic heterocycles. The molecule has 2 aliphatic heterocycles. The Labute approximate surface area is 161 Å². The van der Waals surface area contributed by atoms with Gasteiger partial charge in [-0.05, 0) is 30.7 Å². The van der Waals surface area contributed by atoms with Crippen LogP contribution in [0.15, 0.2) is 42.5 Å². The van der Waals surface area contributed by atoms with Crippen LogP contribution in [0.2, 0.25) is 0 Å². The summed E-state index contributed by atoms with van der Waals surface area (Å²) in [5.74, 6) is -0.0798. The standard InChI is InChI=1S/C21H22F3N3O/c1-14-5-6-18-17(11-14)19(28)26-20(25-18)7-9-27(10-8-20)13-15-3-2-4-16(12-15)21(22,23)24/h2-6,11-12,25H,7-10,13H2,1H3,(H,26,28). The molecule has 2 aliphatic rings. The van der Waals surface area contributed by atoms with Crippen LogP contribution >= 0.6 is 0 Å². The number of hydrogen-bond acceptors (Lipinski definition) is 3. The molecule has 2 aromatic carbocycles. The third-order valence-electron chi connectivity index (χ3n) is 5.52. The predicted molar refractivity (Wildman–Crippen MR) is 101 cm³/mol. The summed E-state index contributed by atoms with van der Waals surface area (Å²) in [5, 5.41) is 6.58. The molecule has 1 fully saturated rings. The highest BCUT2D eigenvalue weighted by molar-refractivity contribution is 6.02. The Kier molecular flexibility index (Phi) is 4.57. The van der Waals surface area contributed by atoms with Crippen molar-refractivity contribution in [3.05, 3.63) is 64.7 Å². The zero-order valence-electron chi connectivity index (χ0n) is 15.6. The molecule has 1 saturated heterocycles. The van der Waals surface area contributed by atoms with Crippen LogP contribution in [0.25, 0.3) is 0 Å². The molecule has 0 bridgehead atoms. The van der Waals surface area contributed by atoms with Gasteiger partial charge in [0.2, 0.25) is 0 Å². The first-order valence-electron chi connectivity index (χ1n) is 9.34. The van der Waals surface area contributed by atoms with E-state index in [4.69, 9.17) is 0 Å². The second-order valence-electron chi connectivity index (χ2n) is 7.68. The second-order valence-corrected chi connectivity index (χ2v) is 7.68. The number of piperidine rings is 1. The number of anilines is 1. The normalized spacial score (nSPS) is 19.1. The van der Waals surface area contributed by atoms with Gasteiger partial charge in [-0.15, -0.1) is 0 Å². The molecule has 1 spiro atoms. The van der Waals surface area contributed by atoms with Crippen LogP contribution in [0.3, 0.4) is 0 Å². The summed E-state index contributed by atoms with van der Waals surface area (Å²) in [6.07, 6.45) is -2.96. The van der Waals surface area contributed by atoms with Gasteiger partial charge in [-0.1, -0.05) is 29.8 Å². The lowest BCUT2D eigenvalue weighted by atomic mass is 9.91. The first kappa shape index (κ1) is 18.8. The number of likely N-dealkylation sites (tertiary alicyclic amines) is 1. The first-order chi connectivity index (χ1) is 13.2. The Morgan fingerprint density at radius 2 is 1.82 bits per heavy atom. The third-order valence-corrected chi connectivity index (χ3v) is 5.52. The Hall–Kier alpha value is -2.54. The lowest BCUT2D eigenvalue weighted by molar-refractivity contribution is -0.137. The number of nitrogens with zero attached hydrogens (tertiary/aromatic N) is 1. The third kappa shape index (κ3) is 3.71. The van der Waals surface area contributed by atoms with Crippen molar-refractivity contribution in [3.8, 4) is 0 Å². The number of alkyl halides is 3. The number of nitrogens with one attached hydrogen (secondary N) is 2. The van der Waals surface area contributed by atoms with E-state index in [0.29, 0.717) is 43.6 Å². The van der Waals surface area contributed by atoms with Gasteiger partial charge in [0.15, 0.2) is 0 Å². The molecular weight excluding hydrogens is 367 g/mol. The highest BCUT2D eigenvalue weighted by atomic mass is 19.4. The largest absolute Gasteiger partial charge is 0.416 e. The van der Waals surface area contributed by atoms with Gasteiger partial charge < -0.3 is 10.6 Å². The number of hydrogen-bond donors (Lipinski definition) is 2. The highest BCUT2D eigenvalue weighted by Crippen LogP contribution is 2.33. The molecule has 2 heterocycles. The van der Waals surface area contributed by atoms with E-state index in [1.807, 2.05) is 25.1 Å². The minimum absolute atomic E-state index is 0.0798. The van der Waals surface area contributed by atoms with E-state index in [1.54, 1.807) is 6.07 Å². The van der Waals surface area contributed by atoms with E-state index in [0.717, 1.165) is 17.3 Å². The summed E-state index contributed by atoms with van der Waals surface area (Å²) in [6, 6.07) is 11.2. The first-order valence-corrected chi connectivity index (χ1v) is 9.34. The zero-order valence-corrected chi connectivity index (χ0v) is 15.6. The molecule has 2 aromatic rings. The predicted octanol–water partition coefficient (Wildman–Crippen LogP) is 4.16. The minimum Gasteiger partial charge on any atom is -0.362 e. The highest BCUT2D eigenvalue weighted by Gasteiger charge is 2.40. The van der Waals surface area contributed by atoms with Crippen molar-refractivity contribution in [2.75, 3.05) is 18.4 Å². The molecule has 0 atom stereocenters. The van der Waals surface area contributed by atoms with Crippen LogP contribution in [0.1, 0.15) is 39.9 Å². The number of benzene rings is 2. The van der Waals surface area contributed by atoms with Crippen molar-refractivity contribution in [1.29, 1.82) is 0 Å². The number of amides is 1. The maximum Gasteiger partial charge on any atom is 0.416 e. The summed E-state index contributed by atoms with van der Waals surface area (Å²) in [4.78, 5) is 14.7. The Morgan fingerprint density at radius 3 is 2.54 bits per heavy atom. The average molecular weight is 389 g/mol. The van der Waals surface area contributed by atoms with E-state index < -0.39 is 17.4 Å². The van der Waals surface area contributed by atoms with Gasteiger partial charge in [0.05, 0.1) is 11.1 Å². The number of fused-ring (bicyclic) bond motifs is 1. The van der Waals surface area contributed by atoms with Crippen LogP contribution in [0.4, 0.5) is 18.9 Å². The molecule has 1 amide bonds. The minimum atomic E-state index is -4.33. The number of carbonyl (C=O) groups excluding carboxylic acids is 1. The Morgan fingerprint density at radius 1 is 1.07 bits per heavy atom. The summed E-state index contributed by atoms with van der Waals surface area (Å²) in [5.41, 5.74) is 2.04. The molecule has 28 heavy (non-hydrogen) atoms. The number of halogens is 3. The fourth-order valence-electron chi connectivity index (χ4n) is 3.98. The van der Waals surface area contributed by atoms with E-state index >= 15 is 0 Å². The summed E-state index contributed by atoms with van der Waals surface area (Å²) in [6.45, 7) is 3.78. The molecule has 7 heteroatoms. The van der Waals surface area contributed by atoms with Crippen molar-refractivity contribution in [1.82, 2.24) is 10.2 Å². The molecule has 148 valence electrons. The van der Waals surface area contributed by atoms with Crippen LogP contribution in [0, 0.1) is 6.92 Å². The Bertz CT molecular complexity index is 902. The second kappa shape index (κ2) is 6.81. The summed E-state index contributed by atoms with van der Waals surface area (Å²) < 4.78 is 38.7. The van der Waals surface area contributed by atoms with Gasteiger partial charge in [-0.2, -0.15) is 13.2 Å². The van der Waals surface area contributed by atoms with Gasteiger partial charge in [-0.3, -0.25) is 9.69 Å². The van der Waals surface area contributed by atoms with Crippen LogP contribution in [-0.4, -0.2) is 29.6 Å². The number of rotatable bonds is 2. The van der Waals surface area contributed by atoms with Gasteiger partial charge in [0.1, 0.15) is 5.66 Å². The molecule has 2 N–H and O–H groups in total. The van der Waals surface area contributed by atoms with E-state index in [2.05, 4.69) is 15.5 Å². The smallest absolute Gasteiger partial charge is 0.362 e. The van der Waals surface area contributed by atoms with Gasteiger partial charge in [-0.25, -0.2) is 0 Å².